The molecule has 1 heterocycles. The van der Waals surface area contributed by atoms with E-state index >= 15 is 0 Å². The quantitative estimate of drug-likeness (QED) is 0.885. The Kier molecular flexibility index (Phi) is 4.70. The average molecular weight is 269 g/mol. The summed E-state index contributed by atoms with van der Waals surface area (Å²) >= 11 is 0. The van der Waals surface area contributed by atoms with Crippen LogP contribution in [0.25, 0.3) is 0 Å². The molecule has 1 aliphatic heterocycles. The molecule has 6 heteroatoms. The molecule has 1 aromatic carbocycles. The predicted octanol–water partition coefficient (Wildman–Crippen LogP) is 0.979. The van der Waals surface area contributed by atoms with Gasteiger partial charge in [0.1, 0.15) is 0 Å². The van der Waals surface area contributed by atoms with Gasteiger partial charge >= 0.3 is 0 Å². The van der Waals surface area contributed by atoms with Gasteiger partial charge in [0.2, 0.25) is 0 Å². The van der Waals surface area contributed by atoms with Gasteiger partial charge in [0.25, 0.3) is 5.91 Å². The molecule has 2 rings (SSSR count). The number of methoxy groups -OCH3 is 1. The van der Waals surface area contributed by atoms with Gasteiger partial charge in [-0.2, -0.15) is 0 Å². The number of carbonyl (C=O) groups excluding carboxylic acids is 1. The van der Waals surface area contributed by atoms with Crippen molar-refractivity contribution in [3.8, 4) is 5.75 Å². The first-order valence-electron chi connectivity index (χ1n) is 6.02. The zero-order chi connectivity index (χ0) is 13.7. The van der Waals surface area contributed by atoms with E-state index in [1.54, 1.807) is 0 Å². The number of rotatable bonds is 4. The lowest BCUT2D eigenvalue weighted by molar-refractivity contribution is -0.0855. The topological polar surface area (TPSA) is 56.8 Å². The summed E-state index contributed by atoms with van der Waals surface area (Å²) in [4.78, 5) is 11.9. The molecule has 1 N–H and O–H groups in total. The molecule has 19 heavy (non-hydrogen) atoms. The third kappa shape index (κ3) is 3.65. The van der Waals surface area contributed by atoms with Gasteiger partial charge in [-0.3, -0.25) is 4.79 Å². The molecular formula is C13H16FNO4. The number of nitrogens with one attached hydrogen (secondary N) is 1. The van der Waals surface area contributed by atoms with Gasteiger partial charge in [-0.1, -0.05) is 0 Å². The number of hydrogen-bond donors (Lipinski definition) is 1. The van der Waals surface area contributed by atoms with Crippen molar-refractivity contribution in [1.29, 1.82) is 0 Å². The van der Waals surface area contributed by atoms with Crippen LogP contribution in [0.15, 0.2) is 18.2 Å². The summed E-state index contributed by atoms with van der Waals surface area (Å²) in [5, 5.41) is 2.72. The van der Waals surface area contributed by atoms with Crippen molar-refractivity contribution in [3.05, 3.63) is 29.6 Å². The van der Waals surface area contributed by atoms with Crippen LogP contribution in [0.3, 0.4) is 0 Å². The Balaban J connectivity index is 1.92. The first-order chi connectivity index (χ1) is 9.20. The molecule has 5 nitrogen and oxygen atoms in total. The fourth-order valence-corrected chi connectivity index (χ4v) is 1.76. The van der Waals surface area contributed by atoms with Crippen LogP contribution >= 0.6 is 0 Å². The van der Waals surface area contributed by atoms with Crippen LogP contribution < -0.4 is 10.1 Å². The maximum Gasteiger partial charge on any atom is 0.251 e. The van der Waals surface area contributed by atoms with Crippen LogP contribution in [0, 0.1) is 5.82 Å². The second-order valence-corrected chi connectivity index (χ2v) is 4.13. The van der Waals surface area contributed by atoms with E-state index < -0.39 is 5.82 Å². The third-order valence-electron chi connectivity index (χ3n) is 2.79. The van der Waals surface area contributed by atoms with Crippen molar-refractivity contribution in [2.75, 3.05) is 33.5 Å². The summed E-state index contributed by atoms with van der Waals surface area (Å²) in [6, 6.07) is 3.97. The van der Waals surface area contributed by atoms with Crippen LogP contribution in [0.5, 0.6) is 5.75 Å². The third-order valence-corrected chi connectivity index (χ3v) is 2.79. The molecule has 0 aliphatic carbocycles. The molecule has 0 saturated carbocycles. The predicted molar refractivity (Wildman–Crippen MR) is 65.8 cm³/mol. The van der Waals surface area contributed by atoms with Crippen molar-refractivity contribution in [3.63, 3.8) is 0 Å². The Bertz CT molecular complexity index is 446. The van der Waals surface area contributed by atoms with E-state index in [4.69, 9.17) is 14.2 Å². The summed E-state index contributed by atoms with van der Waals surface area (Å²) in [6.07, 6.45) is -0.139. The molecule has 1 fully saturated rings. The van der Waals surface area contributed by atoms with Gasteiger partial charge in [-0.05, 0) is 18.2 Å². The van der Waals surface area contributed by atoms with Crippen LogP contribution in [0.4, 0.5) is 4.39 Å². The van der Waals surface area contributed by atoms with E-state index in [-0.39, 0.29) is 17.8 Å². The van der Waals surface area contributed by atoms with Crippen molar-refractivity contribution in [1.82, 2.24) is 5.32 Å². The molecule has 1 atom stereocenters. The Hall–Kier alpha value is -1.66. The lowest BCUT2D eigenvalue weighted by Gasteiger charge is -2.23. The Morgan fingerprint density at radius 2 is 2.37 bits per heavy atom. The minimum Gasteiger partial charge on any atom is -0.494 e. The maximum absolute atomic E-state index is 13.2. The highest BCUT2D eigenvalue weighted by atomic mass is 19.1. The van der Waals surface area contributed by atoms with Gasteiger partial charge in [-0.15, -0.1) is 0 Å². The minimum absolute atomic E-state index is 0.0462. The number of amides is 1. The van der Waals surface area contributed by atoms with E-state index in [0.29, 0.717) is 31.9 Å². The van der Waals surface area contributed by atoms with Crippen LogP contribution in [0.2, 0.25) is 0 Å². The fourth-order valence-electron chi connectivity index (χ4n) is 1.76. The van der Waals surface area contributed by atoms with Crippen LogP contribution in [-0.4, -0.2) is 45.5 Å². The molecule has 1 aliphatic rings. The normalized spacial score (nSPS) is 18.9. The largest absolute Gasteiger partial charge is 0.494 e. The van der Waals surface area contributed by atoms with Crippen molar-refractivity contribution in [2.45, 2.75) is 6.10 Å². The SMILES string of the molecule is COc1cc(C(=O)NCC2COCCO2)ccc1F. The molecule has 1 amide bonds. The second kappa shape index (κ2) is 6.49. The van der Waals surface area contributed by atoms with E-state index in [2.05, 4.69) is 5.32 Å². The van der Waals surface area contributed by atoms with Crippen molar-refractivity contribution < 1.29 is 23.4 Å². The lowest BCUT2D eigenvalue weighted by atomic mass is 10.2. The maximum atomic E-state index is 13.2. The van der Waals surface area contributed by atoms with E-state index in [1.807, 2.05) is 0 Å². The van der Waals surface area contributed by atoms with E-state index in [1.165, 1.54) is 25.3 Å². The molecule has 1 aromatic rings. The Morgan fingerprint density at radius 3 is 3.05 bits per heavy atom. The molecule has 1 saturated heterocycles. The molecule has 104 valence electrons. The monoisotopic (exact) mass is 269 g/mol. The number of halogens is 1. The molecule has 1 unspecified atom stereocenters. The molecule has 0 aromatic heterocycles. The van der Waals surface area contributed by atoms with Crippen molar-refractivity contribution in [2.24, 2.45) is 0 Å². The Labute approximate surface area is 110 Å². The Morgan fingerprint density at radius 1 is 1.53 bits per heavy atom. The highest BCUT2D eigenvalue weighted by molar-refractivity contribution is 5.94. The van der Waals surface area contributed by atoms with Gasteiger partial charge in [0, 0.05) is 12.1 Å². The summed E-state index contributed by atoms with van der Waals surface area (Å²) in [5.74, 6) is -0.750. The van der Waals surface area contributed by atoms with Gasteiger partial charge in [0.05, 0.1) is 33.0 Å². The smallest absolute Gasteiger partial charge is 0.251 e. The number of ether oxygens (including phenoxy) is 3. The lowest BCUT2D eigenvalue weighted by Crippen LogP contribution is -2.39. The summed E-state index contributed by atoms with van der Waals surface area (Å²) in [5.41, 5.74) is 0.343. The minimum atomic E-state index is -0.497. The molecule has 0 radical (unpaired) electrons. The van der Waals surface area contributed by atoms with Gasteiger partial charge < -0.3 is 19.5 Å². The highest BCUT2D eigenvalue weighted by Crippen LogP contribution is 2.18. The number of hydrogen-bond acceptors (Lipinski definition) is 4. The molecule has 0 bridgehead atoms. The van der Waals surface area contributed by atoms with E-state index in [0.717, 1.165) is 0 Å². The van der Waals surface area contributed by atoms with Gasteiger partial charge in [0.15, 0.2) is 11.6 Å². The molecular weight excluding hydrogens is 253 g/mol. The first-order valence-corrected chi connectivity index (χ1v) is 6.02. The summed E-state index contributed by atoms with van der Waals surface area (Å²) < 4.78 is 28.7. The number of benzene rings is 1. The zero-order valence-electron chi connectivity index (χ0n) is 10.6. The standard InChI is InChI=1S/C13H16FNO4/c1-17-12-6-9(2-3-11(12)14)13(16)15-7-10-8-18-4-5-19-10/h2-3,6,10H,4-5,7-8H2,1H3,(H,15,16). The number of carbonyl (C=O) groups is 1. The molecule has 0 spiro atoms. The van der Waals surface area contributed by atoms with Gasteiger partial charge in [-0.25, -0.2) is 4.39 Å². The zero-order valence-corrected chi connectivity index (χ0v) is 10.6. The highest BCUT2D eigenvalue weighted by Gasteiger charge is 2.16. The average Bonchev–Trinajstić information content (AvgIpc) is 2.46. The fraction of sp³-hybridized carbons (Fsp3) is 0.462. The summed E-state index contributed by atoms with van der Waals surface area (Å²) in [6.45, 7) is 1.94. The van der Waals surface area contributed by atoms with Crippen molar-refractivity contribution >= 4 is 5.91 Å². The summed E-state index contributed by atoms with van der Waals surface area (Å²) in [7, 11) is 1.35. The second-order valence-electron chi connectivity index (χ2n) is 4.13. The first kappa shape index (κ1) is 13.8. The van der Waals surface area contributed by atoms with E-state index in [9.17, 15) is 9.18 Å². The van der Waals surface area contributed by atoms with Crippen LogP contribution in [0.1, 0.15) is 10.4 Å². The van der Waals surface area contributed by atoms with Crippen LogP contribution in [-0.2, 0) is 9.47 Å².